The predicted molar refractivity (Wildman–Crippen MR) is 79.5 cm³/mol. The summed E-state index contributed by atoms with van der Waals surface area (Å²) in [5.74, 6) is 0.474. The van der Waals surface area contributed by atoms with Gasteiger partial charge in [0.15, 0.2) is 0 Å². The van der Waals surface area contributed by atoms with E-state index >= 15 is 0 Å². The van der Waals surface area contributed by atoms with Gasteiger partial charge in [-0.05, 0) is 38.1 Å². The molecule has 5 nitrogen and oxygen atoms in total. The van der Waals surface area contributed by atoms with Crippen LogP contribution in [0.3, 0.4) is 0 Å². The van der Waals surface area contributed by atoms with Crippen LogP contribution in [0.1, 0.15) is 13.3 Å². The Kier molecular flexibility index (Phi) is 4.42. The summed E-state index contributed by atoms with van der Waals surface area (Å²) in [5.41, 5.74) is 0.732. The van der Waals surface area contributed by atoms with E-state index < -0.39 is 0 Å². The van der Waals surface area contributed by atoms with Gasteiger partial charge in [0.25, 0.3) is 5.69 Å². The van der Waals surface area contributed by atoms with Crippen molar-refractivity contribution < 1.29 is 4.92 Å². The molecule has 2 atom stereocenters. The molecule has 1 aliphatic rings. The number of anilines is 1. The molecule has 0 aromatic heterocycles. The van der Waals surface area contributed by atoms with Gasteiger partial charge in [-0.2, -0.15) is 0 Å². The van der Waals surface area contributed by atoms with Crippen molar-refractivity contribution in [2.45, 2.75) is 19.4 Å². The Morgan fingerprint density at radius 2 is 2.26 bits per heavy atom. The Balaban J connectivity index is 2.17. The number of benzene rings is 1. The fraction of sp³-hybridized carbons (Fsp3) is 0.538. The average molecular weight is 328 g/mol. The zero-order valence-electron chi connectivity index (χ0n) is 11.1. The number of halogens is 1. The van der Waals surface area contributed by atoms with Gasteiger partial charge in [-0.1, -0.05) is 22.9 Å². The summed E-state index contributed by atoms with van der Waals surface area (Å²) in [7, 11) is 2.11. The third-order valence-electron chi connectivity index (χ3n) is 3.61. The molecule has 1 aromatic carbocycles. The topological polar surface area (TPSA) is 58.4 Å². The van der Waals surface area contributed by atoms with E-state index in [2.05, 4.69) is 40.1 Å². The van der Waals surface area contributed by atoms with Gasteiger partial charge in [0.2, 0.25) is 0 Å². The number of piperidine rings is 1. The third-order valence-corrected chi connectivity index (χ3v) is 4.10. The van der Waals surface area contributed by atoms with Gasteiger partial charge in [-0.15, -0.1) is 0 Å². The Hall–Kier alpha value is -1.14. The maximum atomic E-state index is 11.1. The number of nitrogens with one attached hydrogen (secondary N) is 1. The lowest BCUT2D eigenvalue weighted by molar-refractivity contribution is -0.384. The standard InChI is InChI=1S/C13H18BrN3O2/c1-9-8-16(2)6-5-11(9)15-12-4-3-10(14)7-13(12)17(18)19/h3-4,7,9,11,15H,5-6,8H2,1-2H3. The minimum atomic E-state index is -0.341. The van der Waals surface area contributed by atoms with Gasteiger partial charge in [-0.25, -0.2) is 0 Å². The minimum absolute atomic E-state index is 0.125. The number of hydrogen-bond acceptors (Lipinski definition) is 4. The molecule has 104 valence electrons. The van der Waals surface area contributed by atoms with Gasteiger partial charge in [0.05, 0.1) is 4.92 Å². The maximum Gasteiger partial charge on any atom is 0.293 e. The first-order valence-electron chi connectivity index (χ1n) is 6.36. The summed E-state index contributed by atoms with van der Waals surface area (Å²) < 4.78 is 0.723. The number of nitro groups is 1. The SMILES string of the molecule is CC1CN(C)CCC1Nc1ccc(Br)cc1[N+](=O)[O-]. The van der Waals surface area contributed by atoms with Crippen LogP contribution in [-0.4, -0.2) is 36.0 Å². The van der Waals surface area contributed by atoms with Crippen LogP contribution in [0.25, 0.3) is 0 Å². The van der Waals surface area contributed by atoms with Crippen LogP contribution in [0.15, 0.2) is 22.7 Å². The first kappa shape index (κ1) is 14.3. The van der Waals surface area contributed by atoms with E-state index in [1.807, 2.05) is 6.07 Å². The molecule has 2 rings (SSSR count). The zero-order chi connectivity index (χ0) is 14.0. The second-order valence-corrected chi connectivity index (χ2v) is 6.11. The van der Waals surface area contributed by atoms with Crippen LogP contribution in [0, 0.1) is 16.0 Å². The number of rotatable bonds is 3. The Labute approximate surface area is 121 Å². The van der Waals surface area contributed by atoms with Gasteiger partial charge >= 0.3 is 0 Å². The van der Waals surface area contributed by atoms with Crippen molar-refractivity contribution in [3.05, 3.63) is 32.8 Å². The highest BCUT2D eigenvalue weighted by molar-refractivity contribution is 9.10. The molecule has 0 amide bonds. The van der Waals surface area contributed by atoms with Crippen LogP contribution in [-0.2, 0) is 0 Å². The molecule has 0 radical (unpaired) electrons. The van der Waals surface area contributed by atoms with Crippen molar-refractivity contribution >= 4 is 27.3 Å². The van der Waals surface area contributed by atoms with Gasteiger partial charge in [-0.3, -0.25) is 10.1 Å². The van der Waals surface area contributed by atoms with E-state index in [0.29, 0.717) is 11.6 Å². The van der Waals surface area contributed by atoms with Crippen LogP contribution in [0.5, 0.6) is 0 Å². The van der Waals surface area contributed by atoms with E-state index in [9.17, 15) is 10.1 Å². The van der Waals surface area contributed by atoms with Crippen LogP contribution in [0.2, 0.25) is 0 Å². The number of nitrogens with zero attached hydrogens (tertiary/aromatic N) is 2. The summed E-state index contributed by atoms with van der Waals surface area (Å²) in [5, 5.41) is 14.4. The van der Waals surface area contributed by atoms with Crippen molar-refractivity contribution in [2.24, 2.45) is 5.92 Å². The molecule has 1 fully saturated rings. The smallest absolute Gasteiger partial charge is 0.293 e. The molecule has 1 N–H and O–H groups in total. The van der Waals surface area contributed by atoms with Gasteiger partial charge in [0.1, 0.15) is 5.69 Å². The van der Waals surface area contributed by atoms with Crippen molar-refractivity contribution in [2.75, 3.05) is 25.5 Å². The summed E-state index contributed by atoms with van der Waals surface area (Å²) in [6, 6.07) is 5.43. The summed E-state index contributed by atoms with van der Waals surface area (Å²) >= 11 is 3.27. The van der Waals surface area contributed by atoms with E-state index in [0.717, 1.165) is 24.0 Å². The first-order valence-corrected chi connectivity index (χ1v) is 7.15. The van der Waals surface area contributed by atoms with E-state index in [4.69, 9.17) is 0 Å². The van der Waals surface area contributed by atoms with Crippen molar-refractivity contribution in [3.8, 4) is 0 Å². The molecule has 1 heterocycles. The normalized spacial score (nSPS) is 24.2. The number of likely N-dealkylation sites (tertiary alicyclic amines) is 1. The highest BCUT2D eigenvalue weighted by Crippen LogP contribution is 2.30. The van der Waals surface area contributed by atoms with Crippen molar-refractivity contribution in [3.63, 3.8) is 0 Å². The Morgan fingerprint density at radius 1 is 1.53 bits per heavy atom. The number of hydrogen-bond donors (Lipinski definition) is 1. The first-order chi connectivity index (χ1) is 8.97. The molecular weight excluding hydrogens is 310 g/mol. The molecule has 0 spiro atoms. The predicted octanol–water partition coefficient (Wildman–Crippen LogP) is 3.11. The van der Waals surface area contributed by atoms with Crippen molar-refractivity contribution in [1.82, 2.24) is 4.90 Å². The second kappa shape index (κ2) is 5.88. The van der Waals surface area contributed by atoms with E-state index in [-0.39, 0.29) is 16.7 Å². The van der Waals surface area contributed by atoms with Crippen LogP contribution < -0.4 is 5.32 Å². The van der Waals surface area contributed by atoms with Crippen LogP contribution in [0.4, 0.5) is 11.4 Å². The lowest BCUT2D eigenvalue weighted by atomic mass is 9.94. The molecule has 0 aliphatic carbocycles. The molecule has 1 saturated heterocycles. The Morgan fingerprint density at radius 3 is 2.89 bits per heavy atom. The zero-order valence-corrected chi connectivity index (χ0v) is 12.7. The molecular formula is C13H18BrN3O2. The fourth-order valence-electron chi connectivity index (χ4n) is 2.55. The molecule has 1 aliphatic heterocycles. The lowest BCUT2D eigenvalue weighted by Gasteiger charge is -2.35. The summed E-state index contributed by atoms with van der Waals surface area (Å²) in [6.07, 6.45) is 1.00. The Bertz CT molecular complexity index is 481. The number of nitro benzene ring substituents is 1. The highest BCUT2D eigenvalue weighted by Gasteiger charge is 2.26. The lowest BCUT2D eigenvalue weighted by Crippen LogP contribution is -2.43. The van der Waals surface area contributed by atoms with Gasteiger partial charge < -0.3 is 10.2 Å². The van der Waals surface area contributed by atoms with E-state index in [1.165, 1.54) is 0 Å². The average Bonchev–Trinajstić information content (AvgIpc) is 2.34. The molecule has 2 unspecified atom stereocenters. The second-order valence-electron chi connectivity index (χ2n) is 5.20. The molecule has 6 heteroatoms. The molecule has 0 bridgehead atoms. The van der Waals surface area contributed by atoms with E-state index in [1.54, 1.807) is 12.1 Å². The van der Waals surface area contributed by atoms with Crippen molar-refractivity contribution in [1.29, 1.82) is 0 Å². The molecule has 0 saturated carbocycles. The monoisotopic (exact) mass is 327 g/mol. The largest absolute Gasteiger partial charge is 0.376 e. The molecule has 1 aromatic rings. The third kappa shape index (κ3) is 3.45. The fourth-order valence-corrected chi connectivity index (χ4v) is 2.90. The quantitative estimate of drug-likeness (QED) is 0.684. The van der Waals surface area contributed by atoms with Gasteiger partial charge in [0, 0.05) is 23.1 Å². The molecule has 19 heavy (non-hydrogen) atoms. The van der Waals surface area contributed by atoms with Crippen LogP contribution >= 0.6 is 15.9 Å². The highest BCUT2D eigenvalue weighted by atomic mass is 79.9. The summed E-state index contributed by atoms with van der Waals surface area (Å²) in [6.45, 7) is 4.21. The maximum absolute atomic E-state index is 11.1. The summed E-state index contributed by atoms with van der Waals surface area (Å²) in [4.78, 5) is 13.0. The minimum Gasteiger partial charge on any atom is -0.376 e.